The number of hydrogen-bond acceptors (Lipinski definition) is 8. The van der Waals surface area contributed by atoms with Gasteiger partial charge in [0.05, 0.1) is 18.8 Å². The summed E-state index contributed by atoms with van der Waals surface area (Å²) in [5.41, 5.74) is 1.50. The maximum atomic E-state index is 13.3. The number of aromatic nitrogens is 2. The molecule has 0 aromatic carbocycles. The van der Waals surface area contributed by atoms with Crippen LogP contribution in [0.2, 0.25) is 0 Å². The van der Waals surface area contributed by atoms with Gasteiger partial charge >= 0.3 is 5.97 Å². The second kappa shape index (κ2) is 8.40. The molecular weight excluding hydrogens is 428 g/mol. The minimum Gasteiger partial charge on any atom is -0.463 e. The summed E-state index contributed by atoms with van der Waals surface area (Å²) in [6.07, 6.45) is 3.12. The first-order valence-corrected chi connectivity index (χ1v) is 11.3. The molecule has 0 saturated heterocycles. The molecule has 9 heteroatoms. The van der Waals surface area contributed by atoms with Gasteiger partial charge in [-0.3, -0.25) is 9.36 Å². The average molecular weight is 445 g/mol. The number of rotatable bonds is 7. The zero-order valence-electron chi connectivity index (χ0n) is 15.4. The van der Waals surface area contributed by atoms with E-state index in [1.807, 2.05) is 22.9 Å². The van der Waals surface area contributed by atoms with Crippen molar-refractivity contribution in [2.75, 3.05) is 7.11 Å². The molecule has 0 aliphatic heterocycles. The monoisotopic (exact) mass is 444 g/mol. The van der Waals surface area contributed by atoms with Crippen molar-refractivity contribution in [2.24, 2.45) is 0 Å². The number of ether oxygens (including phenoxy) is 1. The first-order valence-electron chi connectivity index (χ1n) is 8.58. The van der Waals surface area contributed by atoms with E-state index in [4.69, 9.17) is 14.1 Å². The molecule has 0 atom stereocenters. The predicted octanol–water partition coefficient (Wildman–Crippen LogP) is 5.04. The number of allylic oxidation sites excluding steroid dienone is 1. The van der Waals surface area contributed by atoms with Gasteiger partial charge in [-0.25, -0.2) is 9.78 Å². The van der Waals surface area contributed by atoms with Crippen LogP contribution < -0.4 is 5.56 Å². The van der Waals surface area contributed by atoms with E-state index in [1.54, 1.807) is 28.0 Å². The molecule has 4 aromatic rings. The van der Waals surface area contributed by atoms with Crippen molar-refractivity contribution in [3.63, 3.8) is 0 Å². The fraction of sp³-hybridized carbons (Fsp3) is 0.150. The van der Waals surface area contributed by atoms with E-state index in [9.17, 15) is 9.59 Å². The van der Waals surface area contributed by atoms with Crippen LogP contribution in [0.5, 0.6) is 0 Å². The standard InChI is InChI=1S/C20H16N2O4S3/c1-3-7-22-18(23)15-13(14-5-4-9-27-14)11-28-17(15)21-20(22)29-10-12-6-8-26-16(12)19(24)25-2/h3-6,8-9,11H,1,7,10H2,2H3. The zero-order valence-corrected chi connectivity index (χ0v) is 17.9. The van der Waals surface area contributed by atoms with Gasteiger partial charge in [0.25, 0.3) is 5.56 Å². The fourth-order valence-corrected chi connectivity index (χ4v) is 5.67. The largest absolute Gasteiger partial charge is 0.463 e. The third-order valence-electron chi connectivity index (χ3n) is 4.23. The molecule has 0 aliphatic carbocycles. The molecule has 0 radical (unpaired) electrons. The molecule has 29 heavy (non-hydrogen) atoms. The lowest BCUT2D eigenvalue weighted by Crippen LogP contribution is -2.22. The maximum absolute atomic E-state index is 13.3. The number of thiophene rings is 2. The molecule has 4 aromatic heterocycles. The summed E-state index contributed by atoms with van der Waals surface area (Å²) < 4.78 is 11.6. The number of furan rings is 1. The van der Waals surface area contributed by atoms with Gasteiger partial charge in [-0.2, -0.15) is 0 Å². The van der Waals surface area contributed by atoms with E-state index in [0.717, 1.165) is 10.4 Å². The fourth-order valence-electron chi connectivity index (χ4n) is 2.88. The van der Waals surface area contributed by atoms with Gasteiger partial charge in [-0.1, -0.05) is 23.9 Å². The van der Waals surface area contributed by atoms with Crippen LogP contribution in [-0.2, 0) is 17.0 Å². The zero-order chi connectivity index (χ0) is 20.4. The Morgan fingerprint density at radius 1 is 1.41 bits per heavy atom. The summed E-state index contributed by atoms with van der Waals surface area (Å²) in [7, 11) is 1.31. The van der Waals surface area contributed by atoms with Gasteiger partial charge in [0, 0.05) is 33.7 Å². The molecule has 0 amide bonds. The Morgan fingerprint density at radius 3 is 3.00 bits per heavy atom. The van der Waals surface area contributed by atoms with Gasteiger partial charge < -0.3 is 9.15 Å². The van der Waals surface area contributed by atoms with Crippen LogP contribution in [0.15, 0.2) is 62.2 Å². The van der Waals surface area contributed by atoms with Crippen LogP contribution in [0.3, 0.4) is 0 Å². The van der Waals surface area contributed by atoms with Crippen molar-refractivity contribution in [2.45, 2.75) is 17.5 Å². The minimum atomic E-state index is -0.531. The summed E-state index contributed by atoms with van der Waals surface area (Å²) in [5, 5.41) is 5.16. The lowest BCUT2D eigenvalue weighted by atomic mass is 10.2. The third-order valence-corrected chi connectivity index (χ3v) is 7.03. The normalized spacial score (nSPS) is 11.1. The molecule has 6 nitrogen and oxygen atoms in total. The first-order chi connectivity index (χ1) is 14.1. The molecule has 0 saturated carbocycles. The summed E-state index contributed by atoms with van der Waals surface area (Å²) >= 11 is 4.41. The van der Waals surface area contributed by atoms with Crippen LogP contribution in [0, 0.1) is 0 Å². The Kier molecular flexibility index (Phi) is 5.70. The van der Waals surface area contributed by atoms with E-state index in [2.05, 4.69) is 6.58 Å². The van der Waals surface area contributed by atoms with Crippen LogP contribution in [-0.4, -0.2) is 22.6 Å². The number of fused-ring (bicyclic) bond motifs is 1. The van der Waals surface area contributed by atoms with Crippen molar-refractivity contribution >= 4 is 50.6 Å². The molecule has 0 bridgehead atoms. The highest BCUT2D eigenvalue weighted by molar-refractivity contribution is 7.98. The summed E-state index contributed by atoms with van der Waals surface area (Å²) in [6, 6.07) is 5.68. The number of thioether (sulfide) groups is 1. The van der Waals surface area contributed by atoms with Gasteiger partial charge in [0.1, 0.15) is 4.83 Å². The molecule has 148 valence electrons. The molecule has 0 spiro atoms. The second-order valence-corrected chi connectivity index (χ2v) is 8.71. The number of esters is 1. The van der Waals surface area contributed by atoms with E-state index < -0.39 is 5.97 Å². The smallest absolute Gasteiger partial charge is 0.374 e. The second-order valence-electron chi connectivity index (χ2n) is 5.96. The Morgan fingerprint density at radius 2 is 2.28 bits per heavy atom. The van der Waals surface area contributed by atoms with E-state index in [1.165, 1.54) is 36.5 Å². The van der Waals surface area contributed by atoms with Crippen molar-refractivity contribution in [1.82, 2.24) is 9.55 Å². The third kappa shape index (κ3) is 3.68. The van der Waals surface area contributed by atoms with E-state index in [0.29, 0.717) is 33.2 Å². The van der Waals surface area contributed by atoms with Gasteiger partial charge in [0.2, 0.25) is 5.76 Å². The van der Waals surface area contributed by atoms with Crippen LogP contribution in [0.1, 0.15) is 16.1 Å². The van der Waals surface area contributed by atoms with Crippen molar-refractivity contribution < 1.29 is 13.9 Å². The molecule has 4 rings (SSSR count). The summed E-state index contributed by atoms with van der Waals surface area (Å²) in [4.78, 5) is 31.6. The van der Waals surface area contributed by atoms with Crippen molar-refractivity contribution in [3.05, 3.63) is 69.6 Å². The van der Waals surface area contributed by atoms with Gasteiger partial charge in [0.15, 0.2) is 5.16 Å². The number of nitrogens with zero attached hydrogens (tertiary/aromatic N) is 2. The number of methoxy groups -OCH3 is 1. The Bertz CT molecular complexity index is 1230. The molecule has 0 unspecified atom stereocenters. The van der Waals surface area contributed by atoms with Crippen molar-refractivity contribution in [3.8, 4) is 10.4 Å². The van der Waals surface area contributed by atoms with Gasteiger partial charge in [-0.05, 0) is 17.5 Å². The minimum absolute atomic E-state index is 0.0950. The molecule has 0 aliphatic rings. The lowest BCUT2D eigenvalue weighted by Gasteiger charge is -2.10. The topological polar surface area (TPSA) is 74.3 Å². The highest BCUT2D eigenvalue weighted by Crippen LogP contribution is 2.35. The highest BCUT2D eigenvalue weighted by atomic mass is 32.2. The maximum Gasteiger partial charge on any atom is 0.374 e. The number of hydrogen-bond donors (Lipinski definition) is 0. The van der Waals surface area contributed by atoms with Crippen molar-refractivity contribution in [1.29, 1.82) is 0 Å². The Labute approximate surface area is 178 Å². The number of carbonyl (C=O) groups is 1. The molecule has 0 fully saturated rings. The average Bonchev–Trinajstić information content (AvgIpc) is 3.48. The highest BCUT2D eigenvalue weighted by Gasteiger charge is 2.20. The quantitative estimate of drug-likeness (QED) is 0.172. The molecular formula is C20H16N2O4S3. The molecule has 4 heterocycles. The SMILES string of the molecule is C=CCn1c(SCc2ccoc2C(=O)OC)nc2scc(-c3cccs3)c2c1=O. The van der Waals surface area contributed by atoms with Gasteiger partial charge in [-0.15, -0.1) is 29.3 Å². The van der Waals surface area contributed by atoms with E-state index in [-0.39, 0.29) is 11.3 Å². The van der Waals surface area contributed by atoms with Crippen LogP contribution >= 0.6 is 34.4 Å². The number of carbonyl (C=O) groups excluding carboxylic acids is 1. The first kappa shape index (κ1) is 19.7. The Hall–Kier alpha value is -2.62. The van der Waals surface area contributed by atoms with Crippen LogP contribution in [0.25, 0.3) is 20.7 Å². The molecule has 0 N–H and O–H groups in total. The van der Waals surface area contributed by atoms with Crippen LogP contribution in [0.4, 0.5) is 0 Å². The predicted molar refractivity (Wildman–Crippen MR) is 117 cm³/mol. The lowest BCUT2D eigenvalue weighted by molar-refractivity contribution is 0.0564. The summed E-state index contributed by atoms with van der Waals surface area (Å²) in [5.74, 6) is 0.0465. The summed E-state index contributed by atoms with van der Waals surface area (Å²) in [6.45, 7) is 4.11. The van der Waals surface area contributed by atoms with E-state index >= 15 is 0 Å². The Balaban J connectivity index is 1.74.